The summed E-state index contributed by atoms with van der Waals surface area (Å²) in [5.74, 6) is -0.902. The number of likely N-dealkylation sites (tertiary alicyclic amines) is 1. The molecule has 0 spiro atoms. The van der Waals surface area contributed by atoms with Gasteiger partial charge < -0.3 is 0 Å². The van der Waals surface area contributed by atoms with Crippen molar-refractivity contribution in [3.05, 3.63) is 35.4 Å². The molecule has 0 saturated carbocycles. The van der Waals surface area contributed by atoms with Gasteiger partial charge in [0.2, 0.25) is 0 Å². The van der Waals surface area contributed by atoms with Crippen LogP contribution in [0.25, 0.3) is 0 Å². The molecule has 1 saturated heterocycles. The van der Waals surface area contributed by atoms with Crippen LogP contribution >= 0.6 is 0 Å². The SMILES string of the molecule is CC(C)C1CCCN1Cc1ccc(F)c(F)c1. The molecule has 17 heavy (non-hydrogen) atoms. The Morgan fingerprint density at radius 2 is 2.06 bits per heavy atom. The molecule has 1 atom stereocenters. The number of hydrogen-bond donors (Lipinski definition) is 0. The third-order valence-corrected chi connectivity index (χ3v) is 3.55. The molecule has 2 rings (SSSR count). The van der Waals surface area contributed by atoms with E-state index in [1.54, 1.807) is 6.07 Å². The van der Waals surface area contributed by atoms with Crippen molar-refractivity contribution < 1.29 is 8.78 Å². The van der Waals surface area contributed by atoms with E-state index in [2.05, 4.69) is 18.7 Å². The zero-order valence-electron chi connectivity index (χ0n) is 10.4. The third kappa shape index (κ3) is 2.83. The van der Waals surface area contributed by atoms with E-state index < -0.39 is 11.6 Å². The van der Waals surface area contributed by atoms with Crippen LogP contribution in [-0.2, 0) is 6.54 Å². The van der Waals surface area contributed by atoms with Gasteiger partial charge >= 0.3 is 0 Å². The first-order chi connectivity index (χ1) is 8.08. The molecule has 0 radical (unpaired) electrons. The molecule has 1 aromatic rings. The molecule has 1 heterocycles. The number of rotatable bonds is 3. The molecule has 1 aliphatic rings. The fourth-order valence-corrected chi connectivity index (χ4v) is 2.68. The number of halogens is 2. The van der Waals surface area contributed by atoms with Crippen molar-refractivity contribution >= 4 is 0 Å². The summed E-state index contributed by atoms with van der Waals surface area (Å²) in [5, 5.41) is 0. The molecule has 1 fully saturated rings. The van der Waals surface area contributed by atoms with Crippen LogP contribution in [0.1, 0.15) is 32.3 Å². The molecule has 1 aromatic carbocycles. The van der Waals surface area contributed by atoms with Crippen molar-refractivity contribution in [1.29, 1.82) is 0 Å². The average Bonchev–Trinajstić information content (AvgIpc) is 2.72. The molecule has 1 unspecified atom stereocenters. The molecular formula is C14H19F2N. The quantitative estimate of drug-likeness (QED) is 0.779. The lowest BCUT2D eigenvalue weighted by atomic mass is 10.0. The summed E-state index contributed by atoms with van der Waals surface area (Å²) < 4.78 is 25.9. The molecule has 1 nitrogen and oxygen atoms in total. The number of hydrogen-bond acceptors (Lipinski definition) is 1. The Morgan fingerprint density at radius 1 is 1.29 bits per heavy atom. The first-order valence-corrected chi connectivity index (χ1v) is 6.26. The van der Waals surface area contributed by atoms with Gasteiger partial charge in [-0.15, -0.1) is 0 Å². The normalized spacial score (nSPS) is 21.4. The first kappa shape index (κ1) is 12.5. The van der Waals surface area contributed by atoms with E-state index in [1.165, 1.54) is 25.0 Å². The lowest BCUT2D eigenvalue weighted by molar-refractivity contribution is 0.198. The summed E-state index contributed by atoms with van der Waals surface area (Å²) in [6.45, 7) is 6.21. The van der Waals surface area contributed by atoms with Crippen LogP contribution in [0, 0.1) is 17.6 Å². The molecule has 1 aliphatic heterocycles. The van der Waals surface area contributed by atoms with Gasteiger partial charge in [-0.2, -0.15) is 0 Å². The van der Waals surface area contributed by atoms with Crippen LogP contribution in [0.15, 0.2) is 18.2 Å². The summed E-state index contributed by atoms with van der Waals surface area (Å²) >= 11 is 0. The van der Waals surface area contributed by atoms with Crippen molar-refractivity contribution in [2.75, 3.05) is 6.54 Å². The van der Waals surface area contributed by atoms with Crippen LogP contribution in [0.3, 0.4) is 0 Å². The molecule has 0 bridgehead atoms. The molecular weight excluding hydrogens is 220 g/mol. The van der Waals surface area contributed by atoms with Gasteiger partial charge in [-0.3, -0.25) is 4.90 Å². The first-order valence-electron chi connectivity index (χ1n) is 6.26. The van der Waals surface area contributed by atoms with Gasteiger partial charge in [-0.1, -0.05) is 19.9 Å². The highest BCUT2D eigenvalue weighted by Crippen LogP contribution is 2.25. The molecule has 3 heteroatoms. The average molecular weight is 239 g/mol. The second-order valence-electron chi connectivity index (χ2n) is 5.17. The minimum Gasteiger partial charge on any atom is -0.296 e. The van der Waals surface area contributed by atoms with E-state index in [0.29, 0.717) is 12.0 Å². The van der Waals surface area contributed by atoms with E-state index in [-0.39, 0.29) is 0 Å². The second kappa shape index (κ2) is 5.13. The van der Waals surface area contributed by atoms with Crippen molar-refractivity contribution in [2.45, 2.75) is 39.3 Å². The molecule has 0 N–H and O–H groups in total. The van der Waals surface area contributed by atoms with Crippen molar-refractivity contribution in [3.8, 4) is 0 Å². The molecule has 0 aromatic heterocycles. The smallest absolute Gasteiger partial charge is 0.159 e. The maximum atomic E-state index is 13.1. The lowest BCUT2D eigenvalue weighted by Crippen LogP contribution is -2.32. The van der Waals surface area contributed by atoms with Gasteiger partial charge in [0, 0.05) is 12.6 Å². The standard InChI is InChI=1S/C14H19F2N/c1-10(2)14-4-3-7-17(14)9-11-5-6-12(15)13(16)8-11/h5-6,8,10,14H,3-4,7,9H2,1-2H3. The van der Waals surface area contributed by atoms with Crippen LogP contribution in [0.2, 0.25) is 0 Å². The third-order valence-electron chi connectivity index (χ3n) is 3.55. The van der Waals surface area contributed by atoms with Crippen LogP contribution in [0.4, 0.5) is 8.78 Å². The second-order valence-corrected chi connectivity index (χ2v) is 5.17. The Morgan fingerprint density at radius 3 is 2.71 bits per heavy atom. The zero-order valence-corrected chi connectivity index (χ0v) is 10.4. The number of benzene rings is 1. The van der Waals surface area contributed by atoms with Gasteiger partial charge in [0.05, 0.1) is 0 Å². The van der Waals surface area contributed by atoms with Gasteiger partial charge in [-0.25, -0.2) is 8.78 Å². The summed E-state index contributed by atoms with van der Waals surface area (Å²) in [6, 6.07) is 4.77. The van der Waals surface area contributed by atoms with Crippen molar-refractivity contribution in [3.63, 3.8) is 0 Å². The highest BCUT2D eigenvalue weighted by molar-refractivity contribution is 5.18. The zero-order chi connectivity index (χ0) is 12.4. The van der Waals surface area contributed by atoms with Gasteiger partial charge in [0.15, 0.2) is 11.6 Å². The fourth-order valence-electron chi connectivity index (χ4n) is 2.68. The van der Waals surface area contributed by atoms with E-state index in [0.717, 1.165) is 18.7 Å². The van der Waals surface area contributed by atoms with E-state index in [9.17, 15) is 8.78 Å². The monoisotopic (exact) mass is 239 g/mol. The molecule has 94 valence electrons. The molecule has 0 amide bonds. The maximum Gasteiger partial charge on any atom is 0.159 e. The van der Waals surface area contributed by atoms with Gasteiger partial charge in [0.1, 0.15) is 0 Å². The Kier molecular flexibility index (Phi) is 3.77. The Bertz CT molecular complexity index is 390. The van der Waals surface area contributed by atoms with Gasteiger partial charge in [-0.05, 0) is 43.0 Å². The summed E-state index contributed by atoms with van der Waals surface area (Å²) in [5.41, 5.74) is 0.858. The minimum absolute atomic E-state index is 0.572. The number of nitrogens with zero attached hydrogens (tertiary/aromatic N) is 1. The predicted octanol–water partition coefficient (Wildman–Crippen LogP) is 3.59. The predicted molar refractivity (Wildman–Crippen MR) is 64.6 cm³/mol. The van der Waals surface area contributed by atoms with Crippen LogP contribution in [0.5, 0.6) is 0 Å². The largest absolute Gasteiger partial charge is 0.296 e. The van der Waals surface area contributed by atoms with E-state index in [1.807, 2.05) is 0 Å². The summed E-state index contributed by atoms with van der Waals surface area (Å²) in [4.78, 5) is 2.37. The lowest BCUT2D eigenvalue weighted by Gasteiger charge is -2.27. The van der Waals surface area contributed by atoms with E-state index >= 15 is 0 Å². The highest BCUT2D eigenvalue weighted by atomic mass is 19.2. The fraction of sp³-hybridized carbons (Fsp3) is 0.571. The van der Waals surface area contributed by atoms with Crippen LogP contribution < -0.4 is 0 Å². The maximum absolute atomic E-state index is 13.1. The topological polar surface area (TPSA) is 3.24 Å². The molecule has 0 aliphatic carbocycles. The Labute approximate surface area is 101 Å². The van der Waals surface area contributed by atoms with Crippen molar-refractivity contribution in [2.24, 2.45) is 5.92 Å². The summed E-state index contributed by atoms with van der Waals surface area (Å²) in [7, 11) is 0. The Balaban J connectivity index is 2.07. The Hall–Kier alpha value is -0.960. The highest BCUT2D eigenvalue weighted by Gasteiger charge is 2.26. The minimum atomic E-state index is -0.768. The van der Waals surface area contributed by atoms with Crippen LogP contribution in [-0.4, -0.2) is 17.5 Å². The van der Waals surface area contributed by atoms with Gasteiger partial charge in [0.25, 0.3) is 0 Å². The van der Waals surface area contributed by atoms with Crippen molar-refractivity contribution in [1.82, 2.24) is 4.90 Å². The van der Waals surface area contributed by atoms with E-state index in [4.69, 9.17) is 0 Å². The summed E-state index contributed by atoms with van der Waals surface area (Å²) in [6.07, 6.45) is 2.41.